The van der Waals surface area contributed by atoms with E-state index in [0.29, 0.717) is 0 Å². The van der Waals surface area contributed by atoms with Gasteiger partial charge in [0.1, 0.15) is 11.6 Å². The summed E-state index contributed by atoms with van der Waals surface area (Å²) in [6.45, 7) is 3.05. The Morgan fingerprint density at radius 3 is 3.14 bits per heavy atom. The molecule has 1 aromatic heterocycles. The Morgan fingerprint density at radius 2 is 2.29 bits per heavy atom. The molecule has 0 spiro atoms. The van der Waals surface area contributed by atoms with Gasteiger partial charge >= 0.3 is 0 Å². The van der Waals surface area contributed by atoms with Crippen molar-refractivity contribution in [2.45, 2.75) is 24.3 Å². The number of para-hydroxylation sites is 1. The van der Waals surface area contributed by atoms with E-state index >= 15 is 0 Å². The first-order chi connectivity index (χ1) is 10.3. The minimum Gasteiger partial charge on any atom is -0.480 e. The van der Waals surface area contributed by atoms with E-state index in [4.69, 9.17) is 4.74 Å². The lowest BCUT2D eigenvalue weighted by Crippen LogP contribution is -2.19. The fourth-order valence-corrected chi connectivity index (χ4v) is 3.48. The topological polar surface area (TPSA) is 47.0 Å². The lowest BCUT2D eigenvalue weighted by atomic mass is 10.3. The number of thioether (sulfide) groups is 1. The van der Waals surface area contributed by atoms with E-state index in [1.165, 1.54) is 4.90 Å². The zero-order valence-corrected chi connectivity index (χ0v) is 14.6. The predicted molar refractivity (Wildman–Crippen MR) is 94.1 cm³/mol. The fourth-order valence-electron chi connectivity index (χ4n) is 2.05. The molecule has 110 valence electrons. The van der Waals surface area contributed by atoms with Crippen LogP contribution < -0.4 is 10.1 Å². The Morgan fingerprint density at radius 1 is 1.43 bits per heavy atom. The predicted octanol–water partition coefficient (Wildman–Crippen LogP) is 4.13. The lowest BCUT2D eigenvalue weighted by molar-refractivity contribution is 0.210. The summed E-state index contributed by atoms with van der Waals surface area (Å²) in [5.74, 6) is 3.40. The summed E-state index contributed by atoms with van der Waals surface area (Å²) in [7, 11) is 0. The monoisotopic (exact) mass is 413 g/mol. The van der Waals surface area contributed by atoms with E-state index in [0.717, 1.165) is 39.7 Å². The normalized spacial score (nSPS) is 17.0. The van der Waals surface area contributed by atoms with Crippen LogP contribution in [0.1, 0.15) is 25.3 Å². The van der Waals surface area contributed by atoms with Crippen LogP contribution in [0.25, 0.3) is 0 Å². The number of halogens is 1. The van der Waals surface area contributed by atoms with E-state index in [-0.39, 0.29) is 6.10 Å². The number of ether oxygens (including phenoxy) is 1. The molecule has 1 aliphatic heterocycles. The molecule has 1 aromatic carbocycles. The average Bonchev–Trinajstić information content (AvgIpc) is 2.53. The summed E-state index contributed by atoms with van der Waals surface area (Å²) in [6, 6.07) is 8.10. The number of hydrogen-bond donors (Lipinski definition) is 1. The smallest absolute Gasteiger partial charge is 0.172 e. The molecule has 0 aliphatic carbocycles. The van der Waals surface area contributed by atoms with Crippen molar-refractivity contribution in [3.63, 3.8) is 0 Å². The van der Waals surface area contributed by atoms with Crippen LogP contribution in [0.5, 0.6) is 5.75 Å². The molecule has 4 nitrogen and oxygen atoms in total. The molecule has 2 aromatic rings. The summed E-state index contributed by atoms with van der Waals surface area (Å²) in [4.78, 5) is 10.3. The van der Waals surface area contributed by atoms with Gasteiger partial charge in [-0.2, -0.15) is 0 Å². The Kier molecular flexibility index (Phi) is 4.84. The van der Waals surface area contributed by atoms with Crippen molar-refractivity contribution in [1.29, 1.82) is 0 Å². The highest BCUT2D eigenvalue weighted by atomic mass is 127. The lowest BCUT2D eigenvalue weighted by Gasteiger charge is -2.24. The zero-order valence-electron chi connectivity index (χ0n) is 11.7. The van der Waals surface area contributed by atoms with Gasteiger partial charge in [0.2, 0.25) is 0 Å². The molecule has 0 saturated heterocycles. The first-order valence-electron chi connectivity index (χ1n) is 6.92. The minimum absolute atomic E-state index is 0.0934. The number of rotatable bonds is 4. The van der Waals surface area contributed by atoms with Crippen LogP contribution in [0.4, 0.5) is 5.82 Å². The van der Waals surface area contributed by atoms with Gasteiger partial charge in [0.25, 0.3) is 0 Å². The maximum atomic E-state index is 6.04. The second kappa shape index (κ2) is 6.83. The molecule has 1 atom stereocenters. The Hall–Kier alpha value is -1.02. The number of hydrogen-bond acceptors (Lipinski definition) is 5. The van der Waals surface area contributed by atoms with Crippen LogP contribution in [0.2, 0.25) is 0 Å². The Labute approximate surface area is 142 Å². The molecule has 1 unspecified atom stereocenters. The maximum Gasteiger partial charge on any atom is 0.172 e. The number of fused-ring (bicyclic) bond motifs is 1. The zero-order chi connectivity index (χ0) is 14.7. The second-order valence-corrected chi connectivity index (χ2v) is 6.94. The van der Waals surface area contributed by atoms with Gasteiger partial charge in [-0.05, 0) is 41.1 Å². The number of nitrogens with one attached hydrogen (secondary N) is 1. The molecule has 0 fully saturated rings. The first kappa shape index (κ1) is 14.9. The molecule has 2 heterocycles. The van der Waals surface area contributed by atoms with Crippen LogP contribution >= 0.6 is 34.4 Å². The van der Waals surface area contributed by atoms with Crippen molar-refractivity contribution in [3.05, 3.63) is 39.9 Å². The van der Waals surface area contributed by atoms with Crippen LogP contribution in [0.3, 0.4) is 0 Å². The standard InChI is InChI=1S/C15H16IN3OS/c1-2-7-17-14-10(16)8-18-15(19-14)12-9-21-13-6-4-3-5-11(13)20-12/h3-6,8,12H,2,7,9H2,1H3,(H,17,18,19). The Balaban J connectivity index is 1.81. The molecule has 1 aliphatic rings. The summed E-state index contributed by atoms with van der Waals surface area (Å²) in [6.07, 6.45) is 2.83. The van der Waals surface area contributed by atoms with E-state index < -0.39 is 0 Å². The van der Waals surface area contributed by atoms with Crippen molar-refractivity contribution in [2.24, 2.45) is 0 Å². The van der Waals surface area contributed by atoms with Gasteiger partial charge in [0.05, 0.1) is 3.57 Å². The van der Waals surface area contributed by atoms with Crippen molar-refractivity contribution < 1.29 is 4.74 Å². The van der Waals surface area contributed by atoms with Gasteiger partial charge in [-0.3, -0.25) is 0 Å². The van der Waals surface area contributed by atoms with Crippen LogP contribution in [-0.2, 0) is 0 Å². The van der Waals surface area contributed by atoms with Gasteiger partial charge in [-0.1, -0.05) is 19.1 Å². The number of anilines is 1. The molecular weight excluding hydrogens is 397 g/mol. The minimum atomic E-state index is -0.0934. The summed E-state index contributed by atoms with van der Waals surface area (Å²) >= 11 is 4.05. The molecule has 0 saturated carbocycles. The summed E-state index contributed by atoms with van der Waals surface area (Å²) in [5, 5.41) is 3.34. The molecule has 0 amide bonds. The Bertz CT molecular complexity index is 638. The molecular formula is C15H16IN3OS. The van der Waals surface area contributed by atoms with Gasteiger partial charge in [-0.15, -0.1) is 11.8 Å². The van der Waals surface area contributed by atoms with Crippen LogP contribution in [-0.4, -0.2) is 22.3 Å². The van der Waals surface area contributed by atoms with Gasteiger partial charge < -0.3 is 10.1 Å². The summed E-state index contributed by atoms with van der Waals surface area (Å²) in [5.41, 5.74) is 0. The highest BCUT2D eigenvalue weighted by Gasteiger charge is 2.24. The third-order valence-electron chi connectivity index (χ3n) is 3.10. The molecule has 3 rings (SSSR count). The summed E-state index contributed by atoms with van der Waals surface area (Å²) < 4.78 is 7.08. The SMILES string of the molecule is CCCNc1nc(C2CSc3ccccc3O2)ncc1I. The highest BCUT2D eigenvalue weighted by Crippen LogP contribution is 2.39. The van der Waals surface area contributed by atoms with Crippen molar-refractivity contribution in [3.8, 4) is 5.75 Å². The third-order valence-corrected chi connectivity index (χ3v) is 5.01. The highest BCUT2D eigenvalue weighted by molar-refractivity contribution is 14.1. The average molecular weight is 413 g/mol. The van der Waals surface area contributed by atoms with Crippen molar-refractivity contribution in [2.75, 3.05) is 17.6 Å². The largest absolute Gasteiger partial charge is 0.480 e. The molecule has 1 N–H and O–H groups in total. The fraction of sp³-hybridized carbons (Fsp3) is 0.333. The number of nitrogens with zero attached hydrogens (tertiary/aromatic N) is 2. The van der Waals surface area contributed by atoms with Gasteiger partial charge in [0, 0.05) is 23.4 Å². The van der Waals surface area contributed by atoms with Gasteiger partial charge in [0.15, 0.2) is 11.9 Å². The quantitative estimate of drug-likeness (QED) is 0.764. The first-order valence-corrected chi connectivity index (χ1v) is 8.99. The van der Waals surface area contributed by atoms with E-state index in [2.05, 4.69) is 50.9 Å². The number of aromatic nitrogens is 2. The molecule has 21 heavy (non-hydrogen) atoms. The molecule has 0 radical (unpaired) electrons. The van der Waals surface area contributed by atoms with Gasteiger partial charge in [-0.25, -0.2) is 9.97 Å². The molecule has 6 heteroatoms. The van der Waals surface area contributed by atoms with Crippen molar-refractivity contribution >= 4 is 40.2 Å². The van der Waals surface area contributed by atoms with Crippen molar-refractivity contribution in [1.82, 2.24) is 9.97 Å². The third kappa shape index (κ3) is 3.42. The van der Waals surface area contributed by atoms with E-state index in [1.54, 1.807) is 11.8 Å². The molecule has 0 bridgehead atoms. The second-order valence-electron chi connectivity index (χ2n) is 4.72. The van der Waals surface area contributed by atoms with Crippen LogP contribution in [0, 0.1) is 3.57 Å². The van der Waals surface area contributed by atoms with E-state index in [1.807, 2.05) is 24.4 Å². The van der Waals surface area contributed by atoms with E-state index in [9.17, 15) is 0 Å². The number of benzene rings is 1. The van der Waals surface area contributed by atoms with Crippen LogP contribution in [0.15, 0.2) is 35.4 Å². The maximum absolute atomic E-state index is 6.04.